The Balaban J connectivity index is 1.40. The van der Waals surface area contributed by atoms with Gasteiger partial charge in [-0.05, 0) is 42.5 Å². The molecule has 2 heterocycles. The summed E-state index contributed by atoms with van der Waals surface area (Å²) in [6, 6.07) is 20.6. The van der Waals surface area contributed by atoms with Gasteiger partial charge in [0, 0.05) is 16.8 Å². The third-order valence-electron chi connectivity index (χ3n) is 4.59. The molecule has 6 heteroatoms. The van der Waals surface area contributed by atoms with Crippen LogP contribution in [-0.2, 0) is 0 Å². The molecule has 0 atom stereocenters. The fourth-order valence-electron chi connectivity index (χ4n) is 3.22. The number of ether oxygens (including phenoxy) is 2. The van der Waals surface area contributed by atoms with Crippen LogP contribution in [0.4, 0.5) is 5.69 Å². The number of hydrogen-bond donors (Lipinski definition) is 2. The first kappa shape index (κ1) is 16.4. The standard InChI is InChI=1S/C22H17N3O3/c26-22(15-8-9-19-20(13-15)28-11-10-27-19)23-16-5-3-4-14(12-16)21-24-17-6-1-2-7-18(17)25-21/h1-9,12-13H,10-11H2,(H,23,26)(H,24,25). The van der Waals surface area contributed by atoms with Crippen molar-refractivity contribution in [3.8, 4) is 22.9 Å². The maximum absolute atomic E-state index is 12.7. The lowest BCUT2D eigenvalue weighted by Gasteiger charge is -2.18. The third kappa shape index (κ3) is 3.05. The van der Waals surface area contributed by atoms with Crippen LogP contribution in [0.1, 0.15) is 10.4 Å². The predicted molar refractivity (Wildman–Crippen MR) is 107 cm³/mol. The maximum Gasteiger partial charge on any atom is 0.255 e. The summed E-state index contributed by atoms with van der Waals surface area (Å²) in [7, 11) is 0. The number of anilines is 1. The van der Waals surface area contributed by atoms with Crippen LogP contribution in [0.3, 0.4) is 0 Å². The molecule has 1 amide bonds. The molecule has 0 bridgehead atoms. The van der Waals surface area contributed by atoms with E-state index in [9.17, 15) is 4.79 Å². The molecule has 6 nitrogen and oxygen atoms in total. The third-order valence-corrected chi connectivity index (χ3v) is 4.59. The number of fused-ring (bicyclic) bond motifs is 2. The first-order valence-electron chi connectivity index (χ1n) is 9.02. The molecule has 0 fully saturated rings. The highest BCUT2D eigenvalue weighted by Crippen LogP contribution is 2.31. The number of hydrogen-bond acceptors (Lipinski definition) is 4. The molecule has 28 heavy (non-hydrogen) atoms. The van der Waals surface area contributed by atoms with Crippen molar-refractivity contribution in [2.24, 2.45) is 0 Å². The van der Waals surface area contributed by atoms with E-state index in [1.165, 1.54) is 0 Å². The van der Waals surface area contributed by atoms with Gasteiger partial charge in [-0.3, -0.25) is 4.79 Å². The molecule has 0 saturated carbocycles. The average molecular weight is 371 g/mol. The van der Waals surface area contributed by atoms with E-state index in [0.29, 0.717) is 36.0 Å². The Morgan fingerprint density at radius 3 is 2.68 bits per heavy atom. The van der Waals surface area contributed by atoms with Crippen molar-refractivity contribution < 1.29 is 14.3 Å². The minimum Gasteiger partial charge on any atom is -0.486 e. The second-order valence-corrected chi connectivity index (χ2v) is 6.50. The molecule has 5 rings (SSSR count). The number of benzene rings is 3. The second kappa shape index (κ2) is 6.74. The quantitative estimate of drug-likeness (QED) is 0.564. The summed E-state index contributed by atoms with van der Waals surface area (Å²) in [5.41, 5.74) is 3.99. The van der Waals surface area contributed by atoms with Gasteiger partial charge in [-0.1, -0.05) is 24.3 Å². The average Bonchev–Trinajstić information content (AvgIpc) is 3.18. The first-order valence-corrected chi connectivity index (χ1v) is 9.02. The summed E-state index contributed by atoms with van der Waals surface area (Å²) in [6.07, 6.45) is 0. The van der Waals surface area contributed by atoms with Crippen molar-refractivity contribution in [3.63, 3.8) is 0 Å². The van der Waals surface area contributed by atoms with Gasteiger partial charge < -0.3 is 19.8 Å². The Morgan fingerprint density at radius 1 is 0.929 bits per heavy atom. The van der Waals surface area contributed by atoms with Crippen molar-refractivity contribution in [1.29, 1.82) is 0 Å². The van der Waals surface area contributed by atoms with Gasteiger partial charge >= 0.3 is 0 Å². The maximum atomic E-state index is 12.7. The monoisotopic (exact) mass is 371 g/mol. The van der Waals surface area contributed by atoms with Crippen molar-refractivity contribution >= 4 is 22.6 Å². The smallest absolute Gasteiger partial charge is 0.255 e. The molecule has 0 spiro atoms. The van der Waals surface area contributed by atoms with Gasteiger partial charge in [0.05, 0.1) is 11.0 Å². The van der Waals surface area contributed by atoms with Crippen molar-refractivity contribution in [1.82, 2.24) is 9.97 Å². The Hall–Kier alpha value is -3.80. The molecule has 1 aromatic heterocycles. The molecule has 0 unspecified atom stereocenters. The van der Waals surface area contributed by atoms with E-state index in [4.69, 9.17) is 9.47 Å². The number of imidazole rings is 1. The molecule has 4 aromatic rings. The number of rotatable bonds is 3. The summed E-state index contributed by atoms with van der Waals surface area (Å²) in [5.74, 6) is 1.81. The number of carbonyl (C=O) groups is 1. The van der Waals surface area contributed by atoms with Crippen LogP contribution in [0.15, 0.2) is 66.7 Å². The minimum absolute atomic E-state index is 0.210. The number of nitrogens with one attached hydrogen (secondary N) is 2. The Morgan fingerprint density at radius 2 is 1.79 bits per heavy atom. The number of aromatic amines is 1. The van der Waals surface area contributed by atoms with Crippen LogP contribution >= 0.6 is 0 Å². The van der Waals surface area contributed by atoms with Gasteiger partial charge in [-0.15, -0.1) is 0 Å². The summed E-state index contributed by atoms with van der Waals surface area (Å²) in [4.78, 5) is 20.6. The SMILES string of the molecule is O=C(Nc1cccc(-c2nc3ccccc3[nH]2)c1)c1ccc2c(c1)OCCO2. The highest BCUT2D eigenvalue weighted by Gasteiger charge is 2.15. The lowest BCUT2D eigenvalue weighted by molar-refractivity contribution is 0.102. The van der Waals surface area contributed by atoms with Crippen molar-refractivity contribution in [2.45, 2.75) is 0 Å². The molecular weight excluding hydrogens is 354 g/mol. The van der Waals surface area contributed by atoms with Gasteiger partial charge in [0.2, 0.25) is 0 Å². The number of H-pyrrole nitrogens is 1. The topological polar surface area (TPSA) is 76.2 Å². The summed E-state index contributed by atoms with van der Waals surface area (Å²) >= 11 is 0. The zero-order valence-electron chi connectivity index (χ0n) is 14.9. The van der Waals surface area contributed by atoms with E-state index >= 15 is 0 Å². The molecule has 1 aliphatic rings. The van der Waals surface area contributed by atoms with E-state index in [1.807, 2.05) is 48.5 Å². The lowest BCUT2D eigenvalue weighted by Crippen LogP contribution is -2.17. The minimum atomic E-state index is -0.210. The second-order valence-electron chi connectivity index (χ2n) is 6.50. The van der Waals surface area contributed by atoms with Gasteiger partial charge in [-0.2, -0.15) is 0 Å². The van der Waals surface area contributed by atoms with Crippen LogP contribution in [0.5, 0.6) is 11.5 Å². The highest BCUT2D eigenvalue weighted by atomic mass is 16.6. The number of carbonyl (C=O) groups excluding carboxylic acids is 1. The number of para-hydroxylation sites is 2. The molecule has 3 aromatic carbocycles. The van der Waals surface area contributed by atoms with Gasteiger partial charge in [0.25, 0.3) is 5.91 Å². The van der Waals surface area contributed by atoms with Crippen LogP contribution in [-0.4, -0.2) is 29.1 Å². The van der Waals surface area contributed by atoms with E-state index in [2.05, 4.69) is 15.3 Å². The zero-order chi connectivity index (χ0) is 18.9. The number of amides is 1. The largest absolute Gasteiger partial charge is 0.486 e. The normalized spacial score (nSPS) is 12.7. The predicted octanol–water partition coefficient (Wildman–Crippen LogP) is 4.25. The summed E-state index contributed by atoms with van der Waals surface area (Å²) < 4.78 is 11.1. The number of aromatic nitrogens is 2. The molecular formula is C22H17N3O3. The van der Waals surface area contributed by atoms with Crippen LogP contribution in [0, 0.1) is 0 Å². The fourth-order valence-corrected chi connectivity index (χ4v) is 3.22. The lowest BCUT2D eigenvalue weighted by atomic mass is 10.1. The number of nitrogens with zero attached hydrogens (tertiary/aromatic N) is 1. The van der Waals surface area contributed by atoms with Crippen LogP contribution in [0.2, 0.25) is 0 Å². The molecule has 2 N–H and O–H groups in total. The molecule has 0 saturated heterocycles. The van der Waals surface area contributed by atoms with E-state index < -0.39 is 0 Å². The zero-order valence-corrected chi connectivity index (χ0v) is 14.9. The van der Waals surface area contributed by atoms with Gasteiger partial charge in [0.1, 0.15) is 19.0 Å². The van der Waals surface area contributed by atoms with Crippen LogP contribution < -0.4 is 14.8 Å². The summed E-state index contributed by atoms with van der Waals surface area (Å²) in [6.45, 7) is 1.00. The highest BCUT2D eigenvalue weighted by molar-refractivity contribution is 6.05. The van der Waals surface area contributed by atoms with Crippen molar-refractivity contribution in [2.75, 3.05) is 18.5 Å². The van der Waals surface area contributed by atoms with Crippen LogP contribution in [0.25, 0.3) is 22.4 Å². The van der Waals surface area contributed by atoms with Gasteiger partial charge in [0.15, 0.2) is 11.5 Å². The Labute approximate surface area is 161 Å². The van der Waals surface area contributed by atoms with Gasteiger partial charge in [-0.25, -0.2) is 4.98 Å². The first-order chi connectivity index (χ1) is 13.8. The molecule has 138 valence electrons. The molecule has 0 radical (unpaired) electrons. The van der Waals surface area contributed by atoms with E-state index in [0.717, 1.165) is 22.4 Å². The van der Waals surface area contributed by atoms with E-state index in [-0.39, 0.29) is 5.91 Å². The molecule has 1 aliphatic heterocycles. The summed E-state index contributed by atoms with van der Waals surface area (Å²) in [5, 5.41) is 2.93. The van der Waals surface area contributed by atoms with E-state index in [1.54, 1.807) is 18.2 Å². The molecule has 0 aliphatic carbocycles. The van der Waals surface area contributed by atoms with Crippen molar-refractivity contribution in [3.05, 3.63) is 72.3 Å². The Kier molecular flexibility index (Phi) is 3.94. The Bertz CT molecular complexity index is 1150. The fraction of sp³-hybridized carbons (Fsp3) is 0.0909.